The molecule has 0 spiro atoms. The number of nitrogens with two attached hydrogens (primary N) is 1. The third kappa shape index (κ3) is 3.67. The first-order valence-electron chi connectivity index (χ1n) is 5.40. The topological polar surface area (TPSA) is 82.3 Å². The molecule has 2 N–H and O–H groups in total. The molecule has 1 rings (SSSR count). The second-order valence-electron chi connectivity index (χ2n) is 3.87. The SMILES string of the molecule is COc1ncccc1CS(=O)(=O)C(C)CCN. The van der Waals surface area contributed by atoms with E-state index in [0.717, 1.165) is 0 Å². The van der Waals surface area contributed by atoms with Gasteiger partial charge in [-0.15, -0.1) is 0 Å². The number of rotatable bonds is 6. The summed E-state index contributed by atoms with van der Waals surface area (Å²) in [4.78, 5) is 3.98. The number of ether oxygens (including phenoxy) is 1. The van der Waals surface area contributed by atoms with Crippen LogP contribution in [0.3, 0.4) is 0 Å². The fourth-order valence-corrected chi connectivity index (χ4v) is 2.92. The highest BCUT2D eigenvalue weighted by molar-refractivity contribution is 7.91. The van der Waals surface area contributed by atoms with Gasteiger partial charge in [-0.05, 0) is 26.0 Å². The minimum Gasteiger partial charge on any atom is -0.481 e. The molecule has 0 saturated carbocycles. The molecule has 5 nitrogen and oxygen atoms in total. The van der Waals surface area contributed by atoms with Gasteiger partial charge in [-0.3, -0.25) is 0 Å². The van der Waals surface area contributed by atoms with Crippen LogP contribution in [0.15, 0.2) is 18.3 Å². The lowest BCUT2D eigenvalue weighted by Gasteiger charge is -2.13. The van der Waals surface area contributed by atoms with E-state index in [4.69, 9.17) is 10.5 Å². The van der Waals surface area contributed by atoms with Crippen molar-refractivity contribution in [2.45, 2.75) is 24.3 Å². The smallest absolute Gasteiger partial charge is 0.217 e. The van der Waals surface area contributed by atoms with Gasteiger partial charge in [-0.25, -0.2) is 13.4 Å². The van der Waals surface area contributed by atoms with Gasteiger partial charge in [0.15, 0.2) is 9.84 Å². The Morgan fingerprint density at radius 3 is 2.82 bits per heavy atom. The average Bonchev–Trinajstić information content (AvgIpc) is 2.29. The number of sulfone groups is 1. The summed E-state index contributed by atoms with van der Waals surface area (Å²) in [5, 5.41) is -0.447. The Morgan fingerprint density at radius 2 is 2.24 bits per heavy atom. The Kier molecular flexibility index (Phi) is 4.89. The van der Waals surface area contributed by atoms with Crippen LogP contribution in [0.2, 0.25) is 0 Å². The zero-order valence-electron chi connectivity index (χ0n) is 10.1. The molecule has 0 amide bonds. The second kappa shape index (κ2) is 5.97. The minimum absolute atomic E-state index is 0.0643. The summed E-state index contributed by atoms with van der Waals surface area (Å²) in [6.07, 6.45) is 2.03. The Balaban J connectivity index is 2.90. The van der Waals surface area contributed by atoms with Crippen molar-refractivity contribution in [3.63, 3.8) is 0 Å². The molecule has 1 unspecified atom stereocenters. The van der Waals surface area contributed by atoms with Gasteiger partial charge in [0.25, 0.3) is 0 Å². The zero-order chi connectivity index (χ0) is 12.9. The van der Waals surface area contributed by atoms with Crippen LogP contribution in [-0.2, 0) is 15.6 Å². The van der Waals surface area contributed by atoms with Crippen LogP contribution in [0.4, 0.5) is 0 Å². The first-order valence-corrected chi connectivity index (χ1v) is 7.12. The van der Waals surface area contributed by atoms with E-state index in [-0.39, 0.29) is 5.75 Å². The van der Waals surface area contributed by atoms with Crippen molar-refractivity contribution in [2.24, 2.45) is 5.73 Å². The third-order valence-corrected chi connectivity index (χ3v) is 4.76. The molecule has 0 aliphatic carbocycles. The van der Waals surface area contributed by atoms with E-state index in [1.54, 1.807) is 25.3 Å². The van der Waals surface area contributed by atoms with E-state index in [1.165, 1.54) is 7.11 Å². The maximum Gasteiger partial charge on any atom is 0.217 e. The maximum atomic E-state index is 12.0. The van der Waals surface area contributed by atoms with E-state index in [0.29, 0.717) is 24.4 Å². The molecule has 1 heterocycles. The van der Waals surface area contributed by atoms with Gasteiger partial charge in [-0.2, -0.15) is 0 Å². The lowest BCUT2D eigenvalue weighted by atomic mass is 10.3. The molecule has 96 valence electrons. The summed E-state index contributed by atoms with van der Waals surface area (Å²) in [5.74, 6) is 0.293. The molecule has 0 fully saturated rings. The van der Waals surface area contributed by atoms with E-state index < -0.39 is 15.1 Å². The van der Waals surface area contributed by atoms with Crippen molar-refractivity contribution in [2.75, 3.05) is 13.7 Å². The Labute approximate surface area is 102 Å². The van der Waals surface area contributed by atoms with Crippen molar-refractivity contribution in [1.82, 2.24) is 4.98 Å². The average molecular weight is 258 g/mol. The number of hydrogen-bond acceptors (Lipinski definition) is 5. The van der Waals surface area contributed by atoms with Crippen LogP contribution in [0.25, 0.3) is 0 Å². The molecule has 0 bridgehead atoms. The number of methoxy groups -OCH3 is 1. The molecule has 0 aliphatic rings. The van der Waals surface area contributed by atoms with Gasteiger partial charge >= 0.3 is 0 Å². The first-order chi connectivity index (χ1) is 8.01. The monoisotopic (exact) mass is 258 g/mol. The van der Waals surface area contributed by atoms with Crippen LogP contribution in [-0.4, -0.2) is 32.3 Å². The van der Waals surface area contributed by atoms with Crippen molar-refractivity contribution >= 4 is 9.84 Å². The Bertz CT molecular complexity index is 460. The fraction of sp³-hybridized carbons (Fsp3) is 0.545. The Hall–Kier alpha value is -1.14. The predicted molar refractivity (Wildman–Crippen MR) is 66.5 cm³/mol. The molecule has 6 heteroatoms. The minimum atomic E-state index is -3.21. The molecule has 0 aliphatic heterocycles. The van der Waals surface area contributed by atoms with E-state index >= 15 is 0 Å². The van der Waals surface area contributed by atoms with Crippen LogP contribution in [0.1, 0.15) is 18.9 Å². The quantitative estimate of drug-likeness (QED) is 0.814. The lowest BCUT2D eigenvalue weighted by molar-refractivity contribution is 0.394. The van der Waals surface area contributed by atoms with Gasteiger partial charge in [0, 0.05) is 11.8 Å². The molecule has 1 aromatic heterocycles. The van der Waals surface area contributed by atoms with Crippen LogP contribution >= 0.6 is 0 Å². The molecule has 1 aromatic rings. The summed E-state index contributed by atoms with van der Waals surface area (Å²) in [6, 6.07) is 3.40. The third-order valence-electron chi connectivity index (χ3n) is 2.59. The van der Waals surface area contributed by atoms with Crippen LogP contribution in [0, 0.1) is 0 Å². The summed E-state index contributed by atoms with van der Waals surface area (Å²) in [7, 11) is -1.73. The molecule has 0 aromatic carbocycles. The van der Waals surface area contributed by atoms with Crippen molar-refractivity contribution in [1.29, 1.82) is 0 Å². The highest BCUT2D eigenvalue weighted by atomic mass is 32.2. The number of aromatic nitrogens is 1. The normalized spacial score (nSPS) is 13.4. The highest BCUT2D eigenvalue weighted by Crippen LogP contribution is 2.19. The van der Waals surface area contributed by atoms with Crippen molar-refractivity contribution in [3.05, 3.63) is 23.9 Å². The summed E-state index contributed by atoms with van der Waals surface area (Å²) < 4.78 is 29.1. The summed E-state index contributed by atoms with van der Waals surface area (Å²) >= 11 is 0. The second-order valence-corrected chi connectivity index (χ2v) is 6.29. The van der Waals surface area contributed by atoms with Gasteiger partial charge < -0.3 is 10.5 Å². The van der Waals surface area contributed by atoms with Gasteiger partial charge in [-0.1, -0.05) is 6.07 Å². The molecular formula is C11H18N2O3S. The van der Waals surface area contributed by atoms with Crippen LogP contribution in [0.5, 0.6) is 5.88 Å². The fourth-order valence-electron chi connectivity index (χ4n) is 1.49. The largest absolute Gasteiger partial charge is 0.481 e. The van der Waals surface area contributed by atoms with E-state index in [2.05, 4.69) is 4.98 Å². The first kappa shape index (κ1) is 13.9. The molecule has 17 heavy (non-hydrogen) atoms. The number of hydrogen-bond donors (Lipinski definition) is 1. The molecule has 0 radical (unpaired) electrons. The maximum absolute atomic E-state index is 12.0. The highest BCUT2D eigenvalue weighted by Gasteiger charge is 2.22. The lowest BCUT2D eigenvalue weighted by Crippen LogP contribution is -2.23. The van der Waals surface area contributed by atoms with Gasteiger partial charge in [0.2, 0.25) is 5.88 Å². The van der Waals surface area contributed by atoms with Crippen molar-refractivity contribution < 1.29 is 13.2 Å². The van der Waals surface area contributed by atoms with E-state index in [9.17, 15) is 8.42 Å². The molecular weight excluding hydrogens is 240 g/mol. The number of pyridine rings is 1. The Morgan fingerprint density at radius 1 is 1.53 bits per heavy atom. The van der Waals surface area contributed by atoms with Crippen molar-refractivity contribution in [3.8, 4) is 5.88 Å². The van der Waals surface area contributed by atoms with Gasteiger partial charge in [0.05, 0.1) is 18.1 Å². The standard InChI is InChI=1S/C11H18N2O3S/c1-9(5-6-12)17(14,15)8-10-4-3-7-13-11(10)16-2/h3-4,7,9H,5-6,8,12H2,1-2H3. The number of nitrogens with zero attached hydrogens (tertiary/aromatic N) is 1. The van der Waals surface area contributed by atoms with Gasteiger partial charge in [0.1, 0.15) is 0 Å². The predicted octanol–water partition coefficient (Wildman–Crippen LogP) is 0.742. The zero-order valence-corrected chi connectivity index (χ0v) is 10.9. The van der Waals surface area contributed by atoms with E-state index in [1.807, 2.05) is 0 Å². The molecule has 1 atom stereocenters. The summed E-state index contributed by atoms with van der Waals surface area (Å²) in [5.41, 5.74) is 5.96. The summed E-state index contributed by atoms with van der Waals surface area (Å²) in [6.45, 7) is 2.04. The van der Waals surface area contributed by atoms with Crippen LogP contribution < -0.4 is 10.5 Å². The molecule has 0 saturated heterocycles.